The number of benzene rings is 2. The molecule has 0 saturated carbocycles. The summed E-state index contributed by atoms with van der Waals surface area (Å²) in [7, 11) is 1.16. The second-order valence-electron chi connectivity index (χ2n) is 9.00. The topological polar surface area (TPSA) is 123 Å². The maximum Gasteiger partial charge on any atom is 0.338 e. The smallest absolute Gasteiger partial charge is 0.338 e. The minimum atomic E-state index is -2.02. The van der Waals surface area contributed by atoms with Gasteiger partial charge >= 0.3 is 17.9 Å². The lowest BCUT2D eigenvalue weighted by molar-refractivity contribution is -0.170. The van der Waals surface area contributed by atoms with Crippen molar-refractivity contribution in [2.24, 2.45) is 5.73 Å². The molecule has 9 nitrogen and oxygen atoms in total. The summed E-state index contributed by atoms with van der Waals surface area (Å²) in [6.07, 6.45) is -0.512. The van der Waals surface area contributed by atoms with E-state index < -0.39 is 29.0 Å². The molecule has 1 aliphatic rings. The van der Waals surface area contributed by atoms with E-state index in [9.17, 15) is 14.4 Å². The fraction of sp³-hybridized carbons (Fsp3) is 0.400. The molecule has 1 unspecified atom stereocenters. The van der Waals surface area contributed by atoms with Crippen molar-refractivity contribution in [2.45, 2.75) is 51.4 Å². The van der Waals surface area contributed by atoms with Crippen LogP contribution in [0.2, 0.25) is 0 Å². The number of hydrogen-bond donors (Lipinski definition) is 1. The van der Waals surface area contributed by atoms with Gasteiger partial charge in [0, 0.05) is 13.3 Å². The van der Waals surface area contributed by atoms with Gasteiger partial charge in [-0.05, 0) is 56.2 Å². The molecule has 2 aromatic carbocycles. The van der Waals surface area contributed by atoms with Crippen molar-refractivity contribution >= 4 is 17.9 Å². The maximum absolute atomic E-state index is 12.7. The summed E-state index contributed by atoms with van der Waals surface area (Å²) in [6, 6.07) is 12.0. The van der Waals surface area contributed by atoms with Crippen LogP contribution in [0.1, 0.15) is 44.9 Å². The van der Waals surface area contributed by atoms with Gasteiger partial charge in [0.15, 0.2) is 17.6 Å². The van der Waals surface area contributed by atoms with Crippen LogP contribution in [0.4, 0.5) is 0 Å². The van der Waals surface area contributed by atoms with E-state index in [2.05, 4.69) is 0 Å². The SMILES string of the molecule is COC(=O)[C@@](N)(Cc1ccc2c(c1)OCC(c1ccc(OC(C)=O)cc1)O2)C(=O)OC(C)(C)C. The van der Waals surface area contributed by atoms with Gasteiger partial charge in [0.05, 0.1) is 7.11 Å². The predicted molar refractivity (Wildman–Crippen MR) is 122 cm³/mol. The minimum Gasteiger partial charge on any atom is -0.485 e. The summed E-state index contributed by atoms with van der Waals surface area (Å²) in [5, 5.41) is 0. The Bertz CT molecular complexity index is 1070. The van der Waals surface area contributed by atoms with E-state index in [1.165, 1.54) is 6.92 Å². The molecule has 0 amide bonds. The van der Waals surface area contributed by atoms with E-state index in [1.807, 2.05) is 0 Å². The van der Waals surface area contributed by atoms with Gasteiger partial charge in [0.2, 0.25) is 5.54 Å². The second kappa shape index (κ2) is 9.72. The van der Waals surface area contributed by atoms with Crippen LogP contribution < -0.4 is 19.9 Å². The first-order chi connectivity index (χ1) is 15.9. The molecule has 0 aliphatic carbocycles. The normalized spacial score (nSPS) is 16.7. The molecule has 1 heterocycles. The number of hydrogen-bond acceptors (Lipinski definition) is 9. The van der Waals surface area contributed by atoms with E-state index in [0.29, 0.717) is 22.8 Å². The molecule has 1 aliphatic heterocycles. The molecule has 0 radical (unpaired) electrons. The third kappa shape index (κ3) is 5.85. The van der Waals surface area contributed by atoms with Crippen molar-refractivity contribution < 1.29 is 38.1 Å². The third-order valence-electron chi connectivity index (χ3n) is 4.98. The highest BCUT2D eigenvalue weighted by molar-refractivity contribution is 6.05. The number of nitrogens with two attached hydrogens (primary N) is 1. The van der Waals surface area contributed by atoms with E-state index >= 15 is 0 Å². The van der Waals surface area contributed by atoms with Gasteiger partial charge < -0.3 is 29.4 Å². The molecule has 0 fully saturated rings. The number of ether oxygens (including phenoxy) is 5. The molecule has 0 spiro atoms. The summed E-state index contributed by atoms with van der Waals surface area (Å²) in [4.78, 5) is 36.2. The Labute approximate surface area is 198 Å². The summed E-state index contributed by atoms with van der Waals surface area (Å²) in [6.45, 7) is 6.64. The molecule has 2 aromatic rings. The number of carbonyl (C=O) groups excluding carboxylic acids is 3. The molecule has 3 rings (SSSR count). The van der Waals surface area contributed by atoms with Crippen LogP contribution in [0.25, 0.3) is 0 Å². The van der Waals surface area contributed by atoms with E-state index in [-0.39, 0.29) is 19.1 Å². The number of rotatable bonds is 6. The first-order valence-electron chi connectivity index (χ1n) is 10.7. The van der Waals surface area contributed by atoms with Crippen molar-refractivity contribution in [3.05, 3.63) is 53.6 Å². The van der Waals surface area contributed by atoms with E-state index in [4.69, 9.17) is 29.4 Å². The molecule has 0 aromatic heterocycles. The zero-order valence-electron chi connectivity index (χ0n) is 19.9. The highest BCUT2D eigenvalue weighted by Gasteiger charge is 2.46. The standard InChI is InChI=1S/C25H29NO8/c1-15(27)32-18-9-7-17(8-10-18)21-14-31-20-12-16(6-11-19(20)33-21)13-25(26,22(28)30-5)23(29)34-24(2,3)4/h6-12,21H,13-14,26H2,1-5H3/t21?,25-/m0/s1. The first-order valence-corrected chi connectivity index (χ1v) is 10.7. The van der Waals surface area contributed by atoms with Crippen LogP contribution in [0, 0.1) is 0 Å². The zero-order chi connectivity index (χ0) is 25.1. The molecule has 2 atom stereocenters. The average molecular weight is 472 g/mol. The van der Waals surface area contributed by atoms with Crippen molar-refractivity contribution in [1.82, 2.24) is 0 Å². The zero-order valence-corrected chi connectivity index (χ0v) is 19.9. The number of methoxy groups -OCH3 is 1. The van der Waals surface area contributed by atoms with Gasteiger partial charge in [-0.15, -0.1) is 0 Å². The van der Waals surface area contributed by atoms with Crippen LogP contribution in [0.3, 0.4) is 0 Å². The Morgan fingerprint density at radius 2 is 1.71 bits per heavy atom. The Morgan fingerprint density at radius 3 is 2.29 bits per heavy atom. The first kappa shape index (κ1) is 25.0. The number of carbonyl (C=O) groups is 3. The number of fused-ring (bicyclic) bond motifs is 1. The molecule has 0 saturated heterocycles. The lowest BCUT2D eigenvalue weighted by Crippen LogP contribution is -2.59. The van der Waals surface area contributed by atoms with Gasteiger partial charge in [-0.25, -0.2) is 9.59 Å². The minimum absolute atomic E-state index is 0.147. The monoisotopic (exact) mass is 471 g/mol. The Balaban J connectivity index is 1.76. The fourth-order valence-corrected chi connectivity index (χ4v) is 3.41. The molecule has 182 valence electrons. The molecule has 2 N–H and O–H groups in total. The summed E-state index contributed by atoms with van der Waals surface area (Å²) in [5.74, 6) is -0.759. The Morgan fingerprint density at radius 1 is 1.03 bits per heavy atom. The molecular weight excluding hydrogens is 442 g/mol. The van der Waals surface area contributed by atoms with Crippen molar-refractivity contribution in [3.63, 3.8) is 0 Å². The summed E-state index contributed by atoms with van der Waals surface area (Å²) in [5.41, 5.74) is 4.78. The molecule has 34 heavy (non-hydrogen) atoms. The summed E-state index contributed by atoms with van der Waals surface area (Å²) >= 11 is 0. The van der Waals surface area contributed by atoms with E-state index in [0.717, 1.165) is 12.7 Å². The quantitative estimate of drug-likeness (QED) is 0.385. The van der Waals surface area contributed by atoms with Gasteiger partial charge in [-0.2, -0.15) is 0 Å². The van der Waals surface area contributed by atoms with Crippen LogP contribution >= 0.6 is 0 Å². The highest BCUT2D eigenvalue weighted by Crippen LogP contribution is 2.38. The van der Waals surface area contributed by atoms with E-state index in [1.54, 1.807) is 63.2 Å². The largest absolute Gasteiger partial charge is 0.485 e. The van der Waals surface area contributed by atoms with Crippen molar-refractivity contribution in [1.29, 1.82) is 0 Å². The van der Waals surface area contributed by atoms with Crippen LogP contribution in [-0.4, -0.2) is 42.8 Å². The van der Waals surface area contributed by atoms with Gasteiger partial charge in [-0.1, -0.05) is 18.2 Å². The lowest BCUT2D eigenvalue weighted by Gasteiger charge is -2.30. The molecular formula is C25H29NO8. The van der Waals surface area contributed by atoms with Crippen LogP contribution in [-0.2, 0) is 30.3 Å². The number of esters is 3. The third-order valence-corrected chi connectivity index (χ3v) is 4.98. The molecule has 9 heteroatoms. The predicted octanol–water partition coefficient (Wildman–Crippen LogP) is 2.88. The van der Waals surface area contributed by atoms with Crippen LogP contribution in [0.5, 0.6) is 17.2 Å². The summed E-state index contributed by atoms with van der Waals surface area (Å²) < 4.78 is 27.1. The molecule has 0 bridgehead atoms. The average Bonchev–Trinajstić information content (AvgIpc) is 2.77. The fourth-order valence-electron chi connectivity index (χ4n) is 3.41. The Hall–Kier alpha value is -3.59. The highest BCUT2D eigenvalue weighted by atomic mass is 16.6. The van der Waals surface area contributed by atoms with Crippen molar-refractivity contribution in [3.8, 4) is 17.2 Å². The Kier molecular flexibility index (Phi) is 7.16. The van der Waals surface area contributed by atoms with Crippen molar-refractivity contribution in [2.75, 3.05) is 13.7 Å². The van der Waals surface area contributed by atoms with Gasteiger partial charge in [0.25, 0.3) is 0 Å². The van der Waals surface area contributed by atoms with Gasteiger partial charge in [0.1, 0.15) is 18.0 Å². The van der Waals surface area contributed by atoms with Crippen LogP contribution in [0.15, 0.2) is 42.5 Å². The van der Waals surface area contributed by atoms with Gasteiger partial charge in [-0.3, -0.25) is 4.79 Å². The lowest BCUT2D eigenvalue weighted by atomic mass is 9.91. The second-order valence-corrected chi connectivity index (χ2v) is 9.00. The maximum atomic E-state index is 12.7.